The van der Waals surface area contributed by atoms with Crippen LogP contribution in [-0.2, 0) is 6.54 Å². The van der Waals surface area contributed by atoms with Crippen LogP contribution in [0.5, 0.6) is 5.75 Å². The summed E-state index contributed by atoms with van der Waals surface area (Å²) in [4.78, 5) is 17.0. The lowest BCUT2D eigenvalue weighted by Crippen LogP contribution is -2.24. The normalized spacial score (nSPS) is 11.3. The molecule has 0 amide bonds. The molecule has 26 heavy (non-hydrogen) atoms. The summed E-state index contributed by atoms with van der Waals surface area (Å²) in [6.45, 7) is 4.86. The van der Waals surface area contributed by atoms with Gasteiger partial charge in [0.1, 0.15) is 5.75 Å². The number of halogens is 1. The second-order valence-corrected chi connectivity index (χ2v) is 6.97. The van der Waals surface area contributed by atoms with Crippen molar-refractivity contribution in [1.29, 1.82) is 0 Å². The van der Waals surface area contributed by atoms with Crippen molar-refractivity contribution in [2.45, 2.75) is 32.7 Å². The van der Waals surface area contributed by atoms with Gasteiger partial charge >= 0.3 is 5.69 Å². The number of ether oxygens (including phenoxy) is 1. The highest BCUT2D eigenvalue weighted by atomic mass is 35.5. The van der Waals surface area contributed by atoms with Gasteiger partial charge in [0, 0.05) is 23.4 Å². The third-order valence-electron chi connectivity index (χ3n) is 4.55. The molecule has 4 nitrogen and oxygen atoms in total. The number of nitrogens with zero attached hydrogens (tertiary/aromatic N) is 2. The molecule has 0 bridgehead atoms. The van der Waals surface area contributed by atoms with Gasteiger partial charge in [-0.3, -0.25) is 4.57 Å². The molecular weight excluding hydrogens is 348 g/mol. The fraction of sp³-hybridized carbons (Fsp3) is 0.333. The van der Waals surface area contributed by atoms with Crippen molar-refractivity contribution in [2.24, 2.45) is 0 Å². The van der Waals surface area contributed by atoms with E-state index in [0.29, 0.717) is 30.5 Å². The Morgan fingerprint density at radius 1 is 1.15 bits per heavy atom. The summed E-state index contributed by atoms with van der Waals surface area (Å²) in [6.07, 6.45) is 0.715. The average Bonchev–Trinajstić information content (AvgIpc) is 2.66. The van der Waals surface area contributed by atoms with E-state index in [-0.39, 0.29) is 5.69 Å². The minimum atomic E-state index is -0.254. The highest BCUT2D eigenvalue weighted by Gasteiger charge is 2.13. The molecule has 136 valence electrons. The van der Waals surface area contributed by atoms with Gasteiger partial charge in [0.05, 0.1) is 18.3 Å². The number of aromatic nitrogens is 2. The second kappa shape index (κ2) is 7.92. The Morgan fingerprint density at radius 2 is 1.88 bits per heavy atom. The standard InChI is InChI=1S/C21H23ClN2O2/c1-14(2)15-5-7-16(8-6-15)20-18-13-17(26-3)9-10-19(18)24(12-4-11-22)21(25)23-20/h5-10,13-14H,4,11-12H2,1-3H3. The maximum atomic E-state index is 12.6. The zero-order valence-electron chi connectivity index (χ0n) is 15.3. The van der Waals surface area contributed by atoms with E-state index >= 15 is 0 Å². The third-order valence-corrected chi connectivity index (χ3v) is 4.82. The van der Waals surface area contributed by atoms with Crippen molar-refractivity contribution in [3.63, 3.8) is 0 Å². The van der Waals surface area contributed by atoms with Crippen LogP contribution in [0.25, 0.3) is 22.2 Å². The number of alkyl halides is 1. The number of hydrogen-bond acceptors (Lipinski definition) is 3. The van der Waals surface area contributed by atoms with Crippen molar-refractivity contribution < 1.29 is 4.74 Å². The molecule has 0 saturated carbocycles. The fourth-order valence-electron chi connectivity index (χ4n) is 3.07. The molecule has 3 aromatic rings. The number of fused-ring (bicyclic) bond motifs is 1. The third kappa shape index (κ3) is 3.61. The number of rotatable bonds is 6. The summed E-state index contributed by atoms with van der Waals surface area (Å²) in [6, 6.07) is 13.9. The van der Waals surface area contributed by atoms with Gasteiger partial charge in [-0.2, -0.15) is 4.98 Å². The molecule has 0 aliphatic carbocycles. The molecule has 0 unspecified atom stereocenters. The Hall–Kier alpha value is -2.33. The summed E-state index contributed by atoms with van der Waals surface area (Å²) in [7, 11) is 1.63. The molecule has 1 heterocycles. The Balaban J connectivity index is 2.22. The highest BCUT2D eigenvalue weighted by Crippen LogP contribution is 2.29. The first-order valence-corrected chi connectivity index (χ1v) is 9.33. The van der Waals surface area contributed by atoms with E-state index in [1.807, 2.05) is 30.3 Å². The van der Waals surface area contributed by atoms with Crippen LogP contribution in [0.3, 0.4) is 0 Å². The monoisotopic (exact) mass is 370 g/mol. The minimum absolute atomic E-state index is 0.254. The van der Waals surface area contributed by atoms with Gasteiger partial charge in [-0.1, -0.05) is 38.1 Å². The quantitative estimate of drug-likeness (QED) is 0.584. The average molecular weight is 371 g/mol. The number of hydrogen-bond donors (Lipinski definition) is 0. The fourth-order valence-corrected chi connectivity index (χ4v) is 3.19. The molecule has 0 spiro atoms. The van der Waals surface area contributed by atoms with E-state index in [1.165, 1.54) is 5.56 Å². The number of aryl methyl sites for hydroxylation is 1. The van der Waals surface area contributed by atoms with Crippen molar-refractivity contribution >= 4 is 22.5 Å². The van der Waals surface area contributed by atoms with Crippen LogP contribution in [0.1, 0.15) is 31.7 Å². The SMILES string of the molecule is COc1ccc2c(c1)c(-c1ccc(C(C)C)cc1)nc(=O)n2CCCCl. The summed E-state index contributed by atoms with van der Waals surface area (Å²) >= 11 is 5.81. The molecule has 1 aromatic heterocycles. The van der Waals surface area contributed by atoms with Crippen molar-refractivity contribution in [1.82, 2.24) is 9.55 Å². The number of methoxy groups -OCH3 is 1. The second-order valence-electron chi connectivity index (χ2n) is 6.60. The molecule has 2 aromatic carbocycles. The molecule has 0 saturated heterocycles. The molecule has 3 rings (SSSR count). The van der Waals surface area contributed by atoms with Crippen LogP contribution in [0.2, 0.25) is 0 Å². The van der Waals surface area contributed by atoms with Crippen LogP contribution in [0, 0.1) is 0 Å². The van der Waals surface area contributed by atoms with Crippen LogP contribution >= 0.6 is 11.6 Å². The van der Waals surface area contributed by atoms with Crippen LogP contribution in [0.15, 0.2) is 47.3 Å². The molecule has 0 atom stereocenters. The summed E-state index contributed by atoms with van der Waals surface area (Å²) in [5.74, 6) is 1.70. The lowest BCUT2D eigenvalue weighted by Gasteiger charge is -2.14. The molecule has 5 heteroatoms. The van der Waals surface area contributed by atoms with Gasteiger partial charge in [-0.25, -0.2) is 4.79 Å². The first kappa shape index (κ1) is 18.5. The molecule has 0 aliphatic heterocycles. The zero-order chi connectivity index (χ0) is 18.7. The van der Waals surface area contributed by atoms with E-state index in [2.05, 4.69) is 31.0 Å². The molecule has 0 fully saturated rings. The maximum Gasteiger partial charge on any atom is 0.348 e. The van der Waals surface area contributed by atoms with Gasteiger partial charge in [-0.15, -0.1) is 11.6 Å². The zero-order valence-corrected chi connectivity index (χ0v) is 16.1. The maximum absolute atomic E-state index is 12.6. The van der Waals surface area contributed by atoms with E-state index in [0.717, 1.165) is 22.2 Å². The topological polar surface area (TPSA) is 44.1 Å². The van der Waals surface area contributed by atoms with Crippen molar-refractivity contribution in [3.05, 3.63) is 58.5 Å². The lowest BCUT2D eigenvalue weighted by molar-refractivity contribution is 0.415. The molecular formula is C21H23ClN2O2. The Morgan fingerprint density at radius 3 is 2.50 bits per heavy atom. The molecule has 0 radical (unpaired) electrons. The van der Waals surface area contributed by atoms with E-state index in [9.17, 15) is 4.79 Å². The predicted octanol–water partition coefficient (Wildman–Crippen LogP) is 4.82. The first-order chi connectivity index (χ1) is 12.5. The van der Waals surface area contributed by atoms with Gasteiger partial charge in [-0.05, 0) is 36.1 Å². The van der Waals surface area contributed by atoms with E-state index in [1.54, 1.807) is 11.7 Å². The first-order valence-electron chi connectivity index (χ1n) is 8.80. The van der Waals surface area contributed by atoms with Crippen molar-refractivity contribution in [3.8, 4) is 17.0 Å². The Kier molecular flexibility index (Phi) is 5.62. The Bertz CT molecular complexity index is 962. The minimum Gasteiger partial charge on any atom is -0.497 e. The largest absolute Gasteiger partial charge is 0.497 e. The Labute approximate surface area is 158 Å². The van der Waals surface area contributed by atoms with Crippen LogP contribution in [0.4, 0.5) is 0 Å². The van der Waals surface area contributed by atoms with Gasteiger partial charge in [0.25, 0.3) is 0 Å². The van der Waals surface area contributed by atoms with Crippen molar-refractivity contribution in [2.75, 3.05) is 13.0 Å². The van der Waals surface area contributed by atoms with E-state index < -0.39 is 0 Å². The van der Waals surface area contributed by atoms with Gasteiger partial charge < -0.3 is 4.74 Å². The molecule has 0 N–H and O–H groups in total. The van der Waals surface area contributed by atoms with Gasteiger partial charge in [0.15, 0.2) is 0 Å². The van der Waals surface area contributed by atoms with Crippen LogP contribution in [-0.4, -0.2) is 22.5 Å². The smallest absolute Gasteiger partial charge is 0.348 e. The summed E-state index contributed by atoms with van der Waals surface area (Å²) in [5, 5.41) is 0.899. The van der Waals surface area contributed by atoms with E-state index in [4.69, 9.17) is 16.3 Å². The summed E-state index contributed by atoms with van der Waals surface area (Å²) in [5.41, 5.74) is 3.45. The summed E-state index contributed by atoms with van der Waals surface area (Å²) < 4.78 is 7.06. The molecule has 0 aliphatic rings. The van der Waals surface area contributed by atoms with Crippen LogP contribution < -0.4 is 10.4 Å². The predicted molar refractivity (Wildman–Crippen MR) is 107 cm³/mol. The number of benzene rings is 2. The highest BCUT2D eigenvalue weighted by molar-refractivity contribution is 6.17. The van der Waals surface area contributed by atoms with Gasteiger partial charge in [0.2, 0.25) is 0 Å². The lowest BCUT2D eigenvalue weighted by atomic mass is 9.99.